The molecular formula is C19H25N3. The number of aromatic amines is 1. The average Bonchev–Trinajstić information content (AvgIpc) is 3.18. The van der Waals surface area contributed by atoms with Crippen LogP contribution in [0.15, 0.2) is 24.4 Å². The molecule has 3 nitrogen and oxygen atoms in total. The monoisotopic (exact) mass is 295 g/mol. The van der Waals surface area contributed by atoms with E-state index in [1.54, 1.807) is 0 Å². The summed E-state index contributed by atoms with van der Waals surface area (Å²) in [4.78, 5) is 5.73. The van der Waals surface area contributed by atoms with Gasteiger partial charge in [-0.1, -0.05) is 26.3 Å². The number of hydrogen-bond donors (Lipinski definition) is 1. The Balaban J connectivity index is 1.87. The molecule has 2 aromatic rings. The molecular weight excluding hydrogens is 270 g/mol. The van der Waals surface area contributed by atoms with Crippen molar-refractivity contribution in [2.24, 2.45) is 5.92 Å². The molecule has 0 aliphatic heterocycles. The number of H-pyrrole nitrogens is 1. The maximum atomic E-state index is 9.24. The third-order valence-electron chi connectivity index (χ3n) is 5.30. The smallest absolute Gasteiger partial charge is 0.101 e. The van der Waals surface area contributed by atoms with Crippen LogP contribution in [0.5, 0.6) is 0 Å². The molecule has 1 aromatic carbocycles. The van der Waals surface area contributed by atoms with Gasteiger partial charge in [-0.05, 0) is 55.5 Å². The van der Waals surface area contributed by atoms with Crippen LogP contribution in [0, 0.1) is 17.2 Å². The number of aromatic nitrogens is 1. The van der Waals surface area contributed by atoms with Gasteiger partial charge in [0.2, 0.25) is 0 Å². The lowest BCUT2D eigenvalue weighted by molar-refractivity contribution is 0.243. The Morgan fingerprint density at radius 2 is 2.09 bits per heavy atom. The lowest BCUT2D eigenvalue weighted by Crippen LogP contribution is -2.30. The van der Waals surface area contributed by atoms with E-state index < -0.39 is 0 Å². The van der Waals surface area contributed by atoms with Gasteiger partial charge in [-0.2, -0.15) is 5.26 Å². The molecule has 3 heteroatoms. The van der Waals surface area contributed by atoms with E-state index >= 15 is 0 Å². The predicted molar refractivity (Wildman–Crippen MR) is 90.9 cm³/mol. The molecule has 0 unspecified atom stereocenters. The van der Waals surface area contributed by atoms with E-state index in [1.165, 1.54) is 31.4 Å². The molecule has 1 aliphatic carbocycles. The van der Waals surface area contributed by atoms with Crippen molar-refractivity contribution in [3.05, 3.63) is 35.5 Å². The minimum Gasteiger partial charge on any atom is -0.360 e. The van der Waals surface area contributed by atoms with Crippen molar-refractivity contribution in [3.8, 4) is 6.07 Å². The van der Waals surface area contributed by atoms with Crippen LogP contribution in [0.25, 0.3) is 10.9 Å². The van der Waals surface area contributed by atoms with Crippen molar-refractivity contribution in [1.82, 2.24) is 9.88 Å². The Kier molecular flexibility index (Phi) is 4.49. The van der Waals surface area contributed by atoms with Gasteiger partial charge in [0.1, 0.15) is 6.07 Å². The highest BCUT2D eigenvalue weighted by Crippen LogP contribution is 2.41. The van der Waals surface area contributed by atoms with E-state index in [2.05, 4.69) is 48.0 Å². The Morgan fingerprint density at radius 3 is 2.82 bits per heavy atom. The van der Waals surface area contributed by atoms with Crippen LogP contribution in [-0.4, -0.2) is 29.5 Å². The fourth-order valence-electron chi connectivity index (χ4n) is 3.97. The molecule has 0 saturated heterocycles. The Hall–Kier alpha value is -1.79. The minimum absolute atomic E-state index is 0.645. The summed E-state index contributed by atoms with van der Waals surface area (Å²) in [6.07, 6.45) is 5.75. The van der Waals surface area contributed by atoms with Crippen LogP contribution in [-0.2, 0) is 0 Å². The van der Waals surface area contributed by atoms with E-state index in [-0.39, 0.29) is 0 Å². The Bertz CT molecular complexity index is 676. The summed E-state index contributed by atoms with van der Waals surface area (Å²) in [6.45, 7) is 7.97. The van der Waals surface area contributed by atoms with E-state index in [4.69, 9.17) is 0 Å². The summed E-state index contributed by atoms with van der Waals surface area (Å²) < 4.78 is 0. The van der Waals surface area contributed by atoms with Gasteiger partial charge in [-0.25, -0.2) is 0 Å². The first-order valence-electron chi connectivity index (χ1n) is 8.50. The normalized spacial score (nSPS) is 21.5. The molecule has 0 bridgehead atoms. The molecule has 116 valence electrons. The second kappa shape index (κ2) is 6.54. The number of hydrogen-bond acceptors (Lipinski definition) is 2. The maximum Gasteiger partial charge on any atom is 0.101 e. The molecule has 22 heavy (non-hydrogen) atoms. The van der Waals surface area contributed by atoms with Gasteiger partial charge in [0.25, 0.3) is 0 Å². The summed E-state index contributed by atoms with van der Waals surface area (Å²) >= 11 is 0. The van der Waals surface area contributed by atoms with Gasteiger partial charge in [0.05, 0.1) is 5.56 Å². The van der Waals surface area contributed by atoms with Crippen molar-refractivity contribution < 1.29 is 0 Å². The standard InChI is InChI=1S/C19H25N3/c1-3-22(4-2)13-15-6-5-7-17(15)14-8-9-19-18(10-14)16(11-20)12-21-19/h8-10,12,15,17,21H,3-7,13H2,1-2H3/t15-,17-/m0/s1. The molecule has 1 heterocycles. The molecule has 1 aromatic heterocycles. The molecule has 1 N–H and O–H groups in total. The van der Waals surface area contributed by atoms with Crippen molar-refractivity contribution in [2.45, 2.75) is 39.0 Å². The highest BCUT2D eigenvalue weighted by molar-refractivity contribution is 5.86. The fourth-order valence-corrected chi connectivity index (χ4v) is 3.97. The van der Waals surface area contributed by atoms with E-state index in [1.807, 2.05) is 6.20 Å². The molecule has 1 saturated carbocycles. The van der Waals surface area contributed by atoms with Crippen molar-refractivity contribution >= 4 is 10.9 Å². The Labute approximate surface area is 132 Å². The van der Waals surface area contributed by atoms with Gasteiger partial charge in [-0.15, -0.1) is 0 Å². The fraction of sp³-hybridized carbons (Fsp3) is 0.526. The summed E-state index contributed by atoms with van der Waals surface area (Å²) in [5, 5.41) is 10.3. The Morgan fingerprint density at radius 1 is 1.27 bits per heavy atom. The largest absolute Gasteiger partial charge is 0.360 e. The summed E-state index contributed by atoms with van der Waals surface area (Å²) in [5.41, 5.74) is 3.24. The third-order valence-corrected chi connectivity index (χ3v) is 5.30. The highest BCUT2D eigenvalue weighted by atomic mass is 15.1. The number of rotatable bonds is 5. The number of nitrogens with zero attached hydrogens (tertiary/aromatic N) is 2. The van der Waals surface area contributed by atoms with E-state index in [0.29, 0.717) is 5.92 Å². The SMILES string of the molecule is CCN(CC)C[C@@H]1CCC[C@H]1c1ccc2[nH]cc(C#N)c2c1. The van der Waals surface area contributed by atoms with Crippen LogP contribution in [0.3, 0.4) is 0 Å². The van der Waals surface area contributed by atoms with Gasteiger partial charge in [0.15, 0.2) is 0 Å². The lowest BCUT2D eigenvalue weighted by Gasteiger charge is -2.27. The lowest BCUT2D eigenvalue weighted by atomic mass is 9.87. The molecule has 2 atom stereocenters. The zero-order valence-corrected chi connectivity index (χ0v) is 13.6. The zero-order valence-electron chi connectivity index (χ0n) is 13.6. The first kappa shape index (κ1) is 15.1. The first-order valence-corrected chi connectivity index (χ1v) is 8.50. The average molecular weight is 295 g/mol. The van der Waals surface area contributed by atoms with Crippen LogP contribution < -0.4 is 0 Å². The zero-order chi connectivity index (χ0) is 15.5. The maximum absolute atomic E-state index is 9.24. The first-order chi connectivity index (χ1) is 10.8. The molecule has 0 spiro atoms. The predicted octanol–water partition coefficient (Wildman–Crippen LogP) is 4.27. The topological polar surface area (TPSA) is 42.8 Å². The van der Waals surface area contributed by atoms with Crippen molar-refractivity contribution in [3.63, 3.8) is 0 Å². The minimum atomic E-state index is 0.645. The van der Waals surface area contributed by atoms with E-state index in [9.17, 15) is 5.26 Å². The van der Waals surface area contributed by atoms with Crippen LogP contribution in [0.2, 0.25) is 0 Å². The second-order valence-corrected chi connectivity index (χ2v) is 6.40. The van der Waals surface area contributed by atoms with Crippen molar-refractivity contribution in [1.29, 1.82) is 5.26 Å². The number of benzene rings is 1. The molecule has 0 amide bonds. The highest BCUT2D eigenvalue weighted by Gasteiger charge is 2.29. The molecule has 0 radical (unpaired) electrons. The van der Waals surface area contributed by atoms with Crippen LogP contribution >= 0.6 is 0 Å². The van der Waals surface area contributed by atoms with Gasteiger partial charge in [-0.3, -0.25) is 0 Å². The number of fused-ring (bicyclic) bond motifs is 1. The van der Waals surface area contributed by atoms with Gasteiger partial charge < -0.3 is 9.88 Å². The molecule has 1 aliphatic rings. The summed E-state index contributed by atoms with van der Waals surface area (Å²) in [7, 11) is 0. The quantitative estimate of drug-likeness (QED) is 0.895. The van der Waals surface area contributed by atoms with Crippen LogP contribution in [0.4, 0.5) is 0 Å². The summed E-state index contributed by atoms with van der Waals surface area (Å²) in [6, 6.07) is 8.93. The van der Waals surface area contributed by atoms with E-state index in [0.717, 1.165) is 35.5 Å². The number of nitrogens with one attached hydrogen (secondary N) is 1. The van der Waals surface area contributed by atoms with Crippen LogP contribution in [0.1, 0.15) is 50.2 Å². The third kappa shape index (κ3) is 2.76. The van der Waals surface area contributed by atoms with Gasteiger partial charge in [0, 0.05) is 23.6 Å². The summed E-state index contributed by atoms with van der Waals surface area (Å²) in [5.74, 6) is 1.40. The molecule has 3 rings (SSSR count). The molecule has 1 fully saturated rings. The van der Waals surface area contributed by atoms with Gasteiger partial charge >= 0.3 is 0 Å². The second-order valence-electron chi connectivity index (χ2n) is 6.40. The number of nitriles is 1. The van der Waals surface area contributed by atoms with Crippen molar-refractivity contribution in [2.75, 3.05) is 19.6 Å².